The molecule has 0 unspecified atom stereocenters. The third kappa shape index (κ3) is 4.94. The Bertz CT molecular complexity index is 671. The van der Waals surface area contributed by atoms with Crippen molar-refractivity contribution in [3.63, 3.8) is 0 Å². The lowest BCUT2D eigenvalue weighted by atomic mass is 10.1. The van der Waals surface area contributed by atoms with Gasteiger partial charge in [-0.3, -0.25) is 4.79 Å². The number of hydrogen-bond acceptors (Lipinski definition) is 5. The fourth-order valence-corrected chi connectivity index (χ4v) is 2.45. The standard InChI is InChI=1S/C18H23FN4O2/c1-18(2,13-24)21-12-14(11-20)17(25)23-9-7-22(8-10-23)16-5-3-15(19)4-6-16/h3-6,12,21,24H,7-10,13H2,1-2H3/b14-12-. The highest BCUT2D eigenvalue weighted by Crippen LogP contribution is 2.17. The van der Waals surface area contributed by atoms with E-state index in [1.807, 2.05) is 6.07 Å². The molecule has 0 aliphatic carbocycles. The van der Waals surface area contributed by atoms with Crippen LogP contribution >= 0.6 is 0 Å². The van der Waals surface area contributed by atoms with Crippen molar-refractivity contribution in [3.05, 3.63) is 41.9 Å². The molecule has 7 heteroatoms. The zero-order valence-electron chi connectivity index (χ0n) is 14.5. The third-order valence-electron chi connectivity index (χ3n) is 4.11. The van der Waals surface area contributed by atoms with Gasteiger partial charge in [0.05, 0.1) is 12.1 Å². The number of aliphatic hydroxyl groups excluding tert-OH is 1. The van der Waals surface area contributed by atoms with E-state index in [1.165, 1.54) is 18.3 Å². The molecule has 25 heavy (non-hydrogen) atoms. The molecule has 0 radical (unpaired) electrons. The number of rotatable bonds is 5. The second-order valence-corrected chi connectivity index (χ2v) is 6.61. The molecule has 1 fully saturated rings. The van der Waals surface area contributed by atoms with E-state index in [4.69, 9.17) is 0 Å². The first-order chi connectivity index (χ1) is 11.9. The summed E-state index contributed by atoms with van der Waals surface area (Å²) in [4.78, 5) is 16.2. The van der Waals surface area contributed by atoms with Crippen molar-refractivity contribution < 1.29 is 14.3 Å². The second kappa shape index (κ2) is 7.99. The van der Waals surface area contributed by atoms with Crippen LogP contribution in [0.1, 0.15) is 13.8 Å². The van der Waals surface area contributed by atoms with Crippen molar-refractivity contribution in [2.75, 3.05) is 37.7 Å². The minimum Gasteiger partial charge on any atom is -0.394 e. The molecule has 1 aliphatic heterocycles. The number of nitriles is 1. The number of carbonyl (C=O) groups is 1. The van der Waals surface area contributed by atoms with Crippen LogP contribution in [0, 0.1) is 17.1 Å². The molecule has 1 aliphatic rings. The van der Waals surface area contributed by atoms with Crippen molar-refractivity contribution in [1.82, 2.24) is 10.2 Å². The highest BCUT2D eigenvalue weighted by atomic mass is 19.1. The summed E-state index contributed by atoms with van der Waals surface area (Å²) in [5.74, 6) is -0.609. The molecule has 0 saturated carbocycles. The Labute approximate surface area is 147 Å². The number of anilines is 1. The van der Waals surface area contributed by atoms with Crippen molar-refractivity contribution in [1.29, 1.82) is 5.26 Å². The Morgan fingerprint density at radius 2 is 1.92 bits per heavy atom. The molecule has 1 aromatic carbocycles. The first-order valence-corrected chi connectivity index (χ1v) is 8.15. The fourth-order valence-electron chi connectivity index (χ4n) is 2.45. The molecule has 2 N–H and O–H groups in total. The molecular weight excluding hydrogens is 323 g/mol. The quantitative estimate of drug-likeness (QED) is 0.619. The number of amides is 1. The summed E-state index contributed by atoms with van der Waals surface area (Å²) in [5, 5.41) is 21.4. The monoisotopic (exact) mass is 346 g/mol. The highest BCUT2D eigenvalue weighted by Gasteiger charge is 2.24. The van der Waals surface area contributed by atoms with E-state index in [0.29, 0.717) is 26.2 Å². The number of nitrogens with zero attached hydrogens (tertiary/aromatic N) is 3. The molecule has 1 heterocycles. The van der Waals surface area contributed by atoms with Crippen LogP contribution in [0.5, 0.6) is 0 Å². The van der Waals surface area contributed by atoms with Crippen LogP contribution in [0.25, 0.3) is 0 Å². The van der Waals surface area contributed by atoms with Gasteiger partial charge in [-0.2, -0.15) is 5.26 Å². The maximum atomic E-state index is 13.0. The van der Waals surface area contributed by atoms with Gasteiger partial charge in [0.25, 0.3) is 5.91 Å². The van der Waals surface area contributed by atoms with Crippen LogP contribution in [0.15, 0.2) is 36.0 Å². The van der Waals surface area contributed by atoms with Crippen LogP contribution in [-0.4, -0.2) is 54.2 Å². The summed E-state index contributed by atoms with van der Waals surface area (Å²) >= 11 is 0. The summed E-state index contributed by atoms with van der Waals surface area (Å²) in [6, 6.07) is 8.18. The molecule has 1 aromatic rings. The number of carbonyl (C=O) groups excluding carboxylic acids is 1. The topological polar surface area (TPSA) is 79.6 Å². The minimum absolute atomic E-state index is 0.0109. The molecule has 2 rings (SSSR count). The maximum absolute atomic E-state index is 13.0. The molecule has 1 saturated heterocycles. The van der Waals surface area contributed by atoms with Crippen LogP contribution in [0.3, 0.4) is 0 Å². The van der Waals surface area contributed by atoms with Gasteiger partial charge in [-0.05, 0) is 38.1 Å². The number of benzene rings is 1. The highest BCUT2D eigenvalue weighted by molar-refractivity contribution is 5.97. The molecule has 0 atom stereocenters. The Morgan fingerprint density at radius 1 is 1.32 bits per heavy atom. The van der Waals surface area contributed by atoms with Crippen molar-refractivity contribution >= 4 is 11.6 Å². The first kappa shape index (κ1) is 18.7. The first-order valence-electron chi connectivity index (χ1n) is 8.15. The van der Waals surface area contributed by atoms with Gasteiger partial charge in [0, 0.05) is 38.1 Å². The van der Waals surface area contributed by atoms with Crippen LogP contribution in [-0.2, 0) is 4.79 Å². The van der Waals surface area contributed by atoms with Gasteiger partial charge in [-0.1, -0.05) is 0 Å². The Kier molecular flexibility index (Phi) is 5.99. The second-order valence-electron chi connectivity index (χ2n) is 6.61. The summed E-state index contributed by atoms with van der Waals surface area (Å²) in [6.45, 7) is 5.62. The van der Waals surface area contributed by atoms with Crippen LogP contribution in [0.2, 0.25) is 0 Å². The number of hydrogen-bond donors (Lipinski definition) is 2. The molecule has 0 bridgehead atoms. The van der Waals surface area contributed by atoms with Crippen molar-refractivity contribution in [2.45, 2.75) is 19.4 Å². The predicted octanol–water partition coefficient (Wildman–Crippen LogP) is 1.24. The van der Waals surface area contributed by atoms with Gasteiger partial charge in [0.15, 0.2) is 0 Å². The largest absolute Gasteiger partial charge is 0.394 e. The van der Waals surface area contributed by atoms with Gasteiger partial charge in [-0.15, -0.1) is 0 Å². The normalized spacial score (nSPS) is 15.7. The van der Waals surface area contributed by atoms with E-state index in [0.717, 1.165) is 5.69 Å². The summed E-state index contributed by atoms with van der Waals surface area (Å²) in [7, 11) is 0. The molecule has 134 valence electrons. The van der Waals surface area contributed by atoms with Gasteiger partial charge in [0.1, 0.15) is 17.5 Å². The van der Waals surface area contributed by atoms with Crippen LogP contribution in [0.4, 0.5) is 10.1 Å². The zero-order valence-corrected chi connectivity index (χ0v) is 14.5. The van der Waals surface area contributed by atoms with E-state index in [-0.39, 0.29) is 23.9 Å². The average molecular weight is 346 g/mol. The Morgan fingerprint density at radius 3 is 2.44 bits per heavy atom. The summed E-state index contributed by atoms with van der Waals surface area (Å²) in [6.07, 6.45) is 1.37. The molecule has 1 amide bonds. The van der Waals surface area contributed by atoms with Crippen LogP contribution < -0.4 is 10.2 Å². The molecule has 0 spiro atoms. The van der Waals surface area contributed by atoms with E-state index < -0.39 is 5.54 Å². The number of aliphatic hydroxyl groups is 1. The fraction of sp³-hybridized carbons (Fsp3) is 0.444. The van der Waals surface area contributed by atoms with Gasteiger partial charge < -0.3 is 20.2 Å². The minimum atomic E-state index is -0.607. The summed E-state index contributed by atoms with van der Waals surface area (Å²) < 4.78 is 13.0. The zero-order chi connectivity index (χ0) is 18.4. The Hall–Kier alpha value is -2.59. The maximum Gasteiger partial charge on any atom is 0.266 e. The average Bonchev–Trinajstić information content (AvgIpc) is 2.63. The summed E-state index contributed by atoms with van der Waals surface area (Å²) in [5.41, 5.74) is 0.316. The van der Waals surface area contributed by atoms with E-state index in [9.17, 15) is 19.6 Å². The van der Waals surface area contributed by atoms with Gasteiger partial charge in [0.2, 0.25) is 0 Å². The predicted molar refractivity (Wildman–Crippen MR) is 93.2 cm³/mol. The van der Waals surface area contributed by atoms with E-state index in [1.54, 1.807) is 30.9 Å². The number of halogens is 1. The lowest BCUT2D eigenvalue weighted by Crippen LogP contribution is -2.49. The number of nitrogens with one attached hydrogen (secondary N) is 1. The number of piperazine rings is 1. The molecule has 0 aromatic heterocycles. The van der Waals surface area contributed by atoms with E-state index in [2.05, 4.69) is 10.2 Å². The third-order valence-corrected chi connectivity index (χ3v) is 4.11. The SMILES string of the molecule is CC(C)(CO)N/C=C(/C#N)C(=O)N1CCN(c2ccc(F)cc2)CC1. The molecule has 6 nitrogen and oxygen atoms in total. The van der Waals surface area contributed by atoms with Crippen molar-refractivity contribution in [2.24, 2.45) is 0 Å². The lowest BCUT2D eigenvalue weighted by Gasteiger charge is -2.36. The molecular formula is C18H23FN4O2. The van der Waals surface area contributed by atoms with Crippen molar-refractivity contribution in [3.8, 4) is 6.07 Å². The van der Waals surface area contributed by atoms with E-state index >= 15 is 0 Å². The van der Waals surface area contributed by atoms with Gasteiger partial charge >= 0.3 is 0 Å². The smallest absolute Gasteiger partial charge is 0.266 e. The Balaban J connectivity index is 1.96. The van der Waals surface area contributed by atoms with Gasteiger partial charge in [-0.25, -0.2) is 4.39 Å². The lowest BCUT2D eigenvalue weighted by molar-refractivity contribution is -0.127.